The van der Waals surface area contributed by atoms with Crippen molar-refractivity contribution in [2.75, 3.05) is 0 Å². The summed E-state index contributed by atoms with van der Waals surface area (Å²) in [5.74, 6) is 6.99. The summed E-state index contributed by atoms with van der Waals surface area (Å²) in [4.78, 5) is 0. The number of nitrogens with two attached hydrogens (primary N) is 1. The molecule has 3 nitrogen and oxygen atoms in total. The van der Waals surface area contributed by atoms with Gasteiger partial charge in [-0.05, 0) is 40.8 Å². The molecule has 0 aliphatic heterocycles. The number of nitrogens with one attached hydrogen (secondary N) is 1. The average molecular weight is 270 g/mol. The van der Waals surface area contributed by atoms with Gasteiger partial charge in [0.25, 0.3) is 0 Å². The van der Waals surface area contributed by atoms with E-state index in [1.807, 2.05) is 36.4 Å². The fourth-order valence-electron chi connectivity index (χ4n) is 2.00. The first-order valence-electron chi connectivity index (χ1n) is 6.80. The normalized spacial score (nSPS) is 11.4. The van der Waals surface area contributed by atoms with Crippen LogP contribution in [0.3, 0.4) is 0 Å². The van der Waals surface area contributed by atoms with Crippen LogP contribution in [0.1, 0.15) is 31.9 Å². The van der Waals surface area contributed by atoms with Crippen molar-refractivity contribution in [3.8, 4) is 11.5 Å². The second-order valence-electron chi connectivity index (χ2n) is 5.90. The van der Waals surface area contributed by atoms with E-state index in [0.29, 0.717) is 6.54 Å². The molecule has 0 aliphatic rings. The van der Waals surface area contributed by atoms with Crippen LogP contribution in [-0.2, 0) is 12.0 Å². The van der Waals surface area contributed by atoms with Crippen LogP contribution in [0.2, 0.25) is 0 Å². The number of benzene rings is 2. The number of hydrazine groups is 1. The standard InChI is InChI=1S/C17H22N2O/c1-17(2,3)14-7-9-15(10-8-14)20-16-6-4-5-13(11-16)12-19-18/h4-11,19H,12,18H2,1-3H3. The van der Waals surface area contributed by atoms with Gasteiger partial charge in [-0.15, -0.1) is 0 Å². The van der Waals surface area contributed by atoms with Crippen molar-refractivity contribution in [1.29, 1.82) is 0 Å². The first-order chi connectivity index (χ1) is 9.49. The van der Waals surface area contributed by atoms with Gasteiger partial charge in [-0.3, -0.25) is 11.3 Å². The van der Waals surface area contributed by atoms with Crippen molar-refractivity contribution in [2.45, 2.75) is 32.7 Å². The molecule has 0 amide bonds. The maximum Gasteiger partial charge on any atom is 0.127 e. The third kappa shape index (κ3) is 3.83. The van der Waals surface area contributed by atoms with E-state index in [1.165, 1.54) is 5.56 Å². The molecule has 20 heavy (non-hydrogen) atoms. The Balaban J connectivity index is 2.12. The Bertz CT molecular complexity index is 556. The fraction of sp³-hybridized carbons (Fsp3) is 0.294. The number of hydrogen-bond acceptors (Lipinski definition) is 3. The van der Waals surface area contributed by atoms with Crippen LogP contribution in [0.15, 0.2) is 48.5 Å². The van der Waals surface area contributed by atoms with E-state index in [1.54, 1.807) is 0 Å². The van der Waals surface area contributed by atoms with E-state index < -0.39 is 0 Å². The van der Waals surface area contributed by atoms with Crippen LogP contribution in [0, 0.1) is 0 Å². The van der Waals surface area contributed by atoms with Gasteiger partial charge in [-0.1, -0.05) is 45.0 Å². The summed E-state index contributed by atoms with van der Waals surface area (Å²) in [7, 11) is 0. The van der Waals surface area contributed by atoms with E-state index in [9.17, 15) is 0 Å². The monoisotopic (exact) mass is 270 g/mol. The first kappa shape index (κ1) is 14.6. The molecule has 0 bridgehead atoms. The molecule has 0 atom stereocenters. The zero-order valence-corrected chi connectivity index (χ0v) is 12.3. The molecular formula is C17H22N2O. The topological polar surface area (TPSA) is 47.3 Å². The largest absolute Gasteiger partial charge is 0.457 e. The quantitative estimate of drug-likeness (QED) is 0.657. The molecule has 0 saturated heterocycles. The fourth-order valence-corrected chi connectivity index (χ4v) is 2.00. The lowest BCUT2D eigenvalue weighted by molar-refractivity contribution is 0.480. The molecule has 106 valence electrons. The van der Waals surface area contributed by atoms with Crippen molar-refractivity contribution >= 4 is 0 Å². The summed E-state index contributed by atoms with van der Waals surface area (Å²) in [5.41, 5.74) is 5.19. The zero-order chi connectivity index (χ0) is 14.6. The SMILES string of the molecule is CC(C)(C)c1ccc(Oc2cccc(CNN)c2)cc1. The molecule has 0 aliphatic carbocycles. The lowest BCUT2D eigenvalue weighted by atomic mass is 9.87. The number of ether oxygens (including phenoxy) is 1. The Morgan fingerprint density at radius 3 is 2.30 bits per heavy atom. The second kappa shape index (κ2) is 6.07. The van der Waals surface area contributed by atoms with Crippen LogP contribution in [0.5, 0.6) is 11.5 Å². The highest BCUT2D eigenvalue weighted by Gasteiger charge is 2.13. The molecule has 0 unspecified atom stereocenters. The van der Waals surface area contributed by atoms with Gasteiger partial charge in [-0.2, -0.15) is 0 Å². The molecule has 0 heterocycles. The molecule has 0 spiro atoms. The van der Waals surface area contributed by atoms with Crippen LogP contribution >= 0.6 is 0 Å². The zero-order valence-electron chi connectivity index (χ0n) is 12.3. The van der Waals surface area contributed by atoms with Crippen LogP contribution in [0.4, 0.5) is 0 Å². The van der Waals surface area contributed by atoms with Gasteiger partial charge in [0.2, 0.25) is 0 Å². The Morgan fingerprint density at radius 1 is 1.00 bits per heavy atom. The minimum atomic E-state index is 0.158. The third-order valence-corrected chi connectivity index (χ3v) is 3.16. The number of rotatable bonds is 4. The van der Waals surface area contributed by atoms with Gasteiger partial charge in [0, 0.05) is 6.54 Å². The minimum Gasteiger partial charge on any atom is -0.457 e. The van der Waals surface area contributed by atoms with Gasteiger partial charge in [0.1, 0.15) is 11.5 Å². The summed E-state index contributed by atoms with van der Waals surface area (Å²) in [6, 6.07) is 16.1. The van der Waals surface area contributed by atoms with Gasteiger partial charge in [-0.25, -0.2) is 0 Å². The summed E-state index contributed by atoms with van der Waals surface area (Å²) >= 11 is 0. The van der Waals surface area contributed by atoms with Gasteiger partial charge >= 0.3 is 0 Å². The summed E-state index contributed by atoms with van der Waals surface area (Å²) in [6.45, 7) is 7.23. The minimum absolute atomic E-state index is 0.158. The summed E-state index contributed by atoms with van der Waals surface area (Å²) < 4.78 is 5.86. The first-order valence-corrected chi connectivity index (χ1v) is 6.80. The Morgan fingerprint density at radius 2 is 1.70 bits per heavy atom. The maximum absolute atomic E-state index is 5.86. The maximum atomic E-state index is 5.86. The van der Waals surface area contributed by atoms with Gasteiger partial charge < -0.3 is 4.74 Å². The van der Waals surface area contributed by atoms with Gasteiger partial charge in [0.15, 0.2) is 0 Å². The van der Waals surface area contributed by atoms with Crippen LogP contribution in [-0.4, -0.2) is 0 Å². The van der Waals surface area contributed by atoms with E-state index >= 15 is 0 Å². The predicted molar refractivity (Wildman–Crippen MR) is 82.7 cm³/mol. The van der Waals surface area contributed by atoms with Crippen molar-refractivity contribution < 1.29 is 4.74 Å². The van der Waals surface area contributed by atoms with Crippen LogP contribution < -0.4 is 16.0 Å². The highest BCUT2D eigenvalue weighted by molar-refractivity contribution is 5.36. The highest BCUT2D eigenvalue weighted by Crippen LogP contribution is 2.27. The van der Waals surface area contributed by atoms with Crippen molar-refractivity contribution in [2.24, 2.45) is 5.84 Å². The van der Waals surface area contributed by atoms with E-state index in [2.05, 4.69) is 38.3 Å². The lowest BCUT2D eigenvalue weighted by Gasteiger charge is -2.19. The van der Waals surface area contributed by atoms with Crippen molar-refractivity contribution in [3.05, 3.63) is 59.7 Å². The number of hydrogen-bond donors (Lipinski definition) is 2. The Kier molecular flexibility index (Phi) is 4.42. The Labute approximate surface area is 120 Å². The smallest absolute Gasteiger partial charge is 0.127 e. The molecule has 2 aromatic rings. The summed E-state index contributed by atoms with van der Waals surface area (Å²) in [6.07, 6.45) is 0. The average Bonchev–Trinajstić information content (AvgIpc) is 2.39. The molecule has 3 heteroatoms. The third-order valence-electron chi connectivity index (χ3n) is 3.16. The molecule has 0 saturated carbocycles. The highest BCUT2D eigenvalue weighted by atomic mass is 16.5. The Hall–Kier alpha value is -1.84. The van der Waals surface area contributed by atoms with Crippen molar-refractivity contribution in [3.63, 3.8) is 0 Å². The molecule has 0 aromatic heterocycles. The second-order valence-corrected chi connectivity index (χ2v) is 5.90. The van der Waals surface area contributed by atoms with E-state index in [0.717, 1.165) is 17.1 Å². The van der Waals surface area contributed by atoms with Crippen LogP contribution in [0.25, 0.3) is 0 Å². The van der Waals surface area contributed by atoms with Crippen molar-refractivity contribution in [1.82, 2.24) is 5.43 Å². The van der Waals surface area contributed by atoms with E-state index in [4.69, 9.17) is 10.6 Å². The lowest BCUT2D eigenvalue weighted by Crippen LogP contribution is -2.20. The molecular weight excluding hydrogens is 248 g/mol. The molecule has 0 fully saturated rings. The van der Waals surface area contributed by atoms with E-state index in [-0.39, 0.29) is 5.41 Å². The molecule has 2 aromatic carbocycles. The molecule has 2 rings (SSSR count). The summed E-state index contributed by atoms with van der Waals surface area (Å²) in [5, 5.41) is 0. The molecule has 3 N–H and O–H groups in total. The predicted octanol–water partition coefficient (Wildman–Crippen LogP) is 3.74. The van der Waals surface area contributed by atoms with Gasteiger partial charge in [0.05, 0.1) is 0 Å². The molecule has 0 radical (unpaired) electrons.